The monoisotopic (exact) mass is 354 g/mol. The van der Waals surface area contributed by atoms with Gasteiger partial charge in [-0.25, -0.2) is 8.42 Å². The van der Waals surface area contributed by atoms with E-state index in [1.807, 2.05) is 19.1 Å². The SMILES string of the molecule is CCS(=O)(=O)CCOc1c(C)cc(Br)cc1CCl. The first-order chi connectivity index (χ1) is 8.39. The Labute approximate surface area is 122 Å². The minimum Gasteiger partial charge on any atom is -0.492 e. The summed E-state index contributed by atoms with van der Waals surface area (Å²) >= 11 is 9.24. The highest BCUT2D eigenvalue weighted by Crippen LogP contribution is 2.29. The number of ether oxygens (including phenoxy) is 1. The van der Waals surface area contributed by atoms with Crippen LogP contribution in [-0.2, 0) is 15.7 Å². The van der Waals surface area contributed by atoms with Gasteiger partial charge in [0, 0.05) is 15.8 Å². The van der Waals surface area contributed by atoms with Crippen LogP contribution in [0.15, 0.2) is 16.6 Å². The number of alkyl halides is 1. The maximum Gasteiger partial charge on any atom is 0.153 e. The molecule has 0 N–H and O–H groups in total. The van der Waals surface area contributed by atoms with Gasteiger partial charge in [0.05, 0.1) is 11.6 Å². The lowest BCUT2D eigenvalue weighted by molar-refractivity contribution is 0.336. The van der Waals surface area contributed by atoms with Gasteiger partial charge in [-0.05, 0) is 24.6 Å². The molecule has 6 heteroatoms. The zero-order valence-electron chi connectivity index (χ0n) is 10.4. The summed E-state index contributed by atoms with van der Waals surface area (Å²) in [7, 11) is -3.00. The number of sulfone groups is 1. The van der Waals surface area contributed by atoms with Crippen LogP contribution in [0.2, 0.25) is 0 Å². The molecule has 18 heavy (non-hydrogen) atoms. The van der Waals surface area contributed by atoms with E-state index < -0.39 is 9.84 Å². The van der Waals surface area contributed by atoms with Gasteiger partial charge in [0.25, 0.3) is 0 Å². The summed E-state index contributed by atoms with van der Waals surface area (Å²) in [6, 6.07) is 3.79. The Morgan fingerprint density at radius 2 is 2.06 bits per heavy atom. The van der Waals surface area contributed by atoms with Crippen molar-refractivity contribution in [1.82, 2.24) is 0 Å². The van der Waals surface area contributed by atoms with E-state index in [0.29, 0.717) is 11.6 Å². The third-order valence-electron chi connectivity index (χ3n) is 2.54. The smallest absolute Gasteiger partial charge is 0.153 e. The van der Waals surface area contributed by atoms with Crippen LogP contribution in [0.4, 0.5) is 0 Å². The summed E-state index contributed by atoms with van der Waals surface area (Å²) < 4.78 is 29.2. The fraction of sp³-hybridized carbons (Fsp3) is 0.500. The molecule has 0 fully saturated rings. The van der Waals surface area contributed by atoms with Crippen molar-refractivity contribution >= 4 is 37.4 Å². The molecule has 0 heterocycles. The summed E-state index contributed by atoms with van der Waals surface area (Å²) in [4.78, 5) is 0. The van der Waals surface area contributed by atoms with Gasteiger partial charge in [0.1, 0.15) is 12.4 Å². The fourth-order valence-corrected chi connectivity index (χ4v) is 2.96. The molecule has 0 radical (unpaired) electrons. The summed E-state index contributed by atoms with van der Waals surface area (Å²) in [5, 5.41) is 0. The zero-order valence-corrected chi connectivity index (χ0v) is 13.5. The number of hydrogen-bond acceptors (Lipinski definition) is 3. The minimum atomic E-state index is -3.00. The van der Waals surface area contributed by atoms with Gasteiger partial charge in [-0.15, -0.1) is 11.6 Å². The molecule has 0 aliphatic rings. The Kier molecular flexibility index (Phi) is 5.95. The van der Waals surface area contributed by atoms with Gasteiger partial charge >= 0.3 is 0 Å². The van der Waals surface area contributed by atoms with Gasteiger partial charge in [0.15, 0.2) is 9.84 Å². The van der Waals surface area contributed by atoms with Gasteiger partial charge in [-0.3, -0.25) is 0 Å². The molecule has 0 aromatic heterocycles. The van der Waals surface area contributed by atoms with Gasteiger partial charge in [0.2, 0.25) is 0 Å². The summed E-state index contributed by atoms with van der Waals surface area (Å²) in [5.74, 6) is 1.18. The molecule has 0 atom stereocenters. The fourth-order valence-electron chi connectivity index (χ4n) is 1.52. The van der Waals surface area contributed by atoms with Crippen molar-refractivity contribution in [3.63, 3.8) is 0 Å². The molecule has 0 amide bonds. The lowest BCUT2D eigenvalue weighted by Crippen LogP contribution is -2.16. The average Bonchev–Trinajstić information content (AvgIpc) is 2.31. The highest BCUT2D eigenvalue weighted by molar-refractivity contribution is 9.10. The first-order valence-corrected chi connectivity index (χ1v) is 8.72. The Morgan fingerprint density at radius 3 is 2.61 bits per heavy atom. The average molecular weight is 356 g/mol. The second kappa shape index (κ2) is 6.78. The van der Waals surface area contributed by atoms with Crippen molar-refractivity contribution in [3.05, 3.63) is 27.7 Å². The molecule has 1 rings (SSSR count). The summed E-state index contributed by atoms with van der Waals surface area (Å²) in [6.45, 7) is 3.69. The number of benzene rings is 1. The first-order valence-electron chi connectivity index (χ1n) is 5.58. The van der Waals surface area contributed by atoms with Crippen molar-refractivity contribution in [2.45, 2.75) is 19.7 Å². The Bertz CT molecular complexity index is 514. The molecule has 102 valence electrons. The van der Waals surface area contributed by atoms with E-state index in [0.717, 1.165) is 15.6 Å². The molecule has 0 saturated heterocycles. The molecule has 1 aromatic carbocycles. The Morgan fingerprint density at radius 1 is 1.39 bits per heavy atom. The molecule has 0 unspecified atom stereocenters. The maximum absolute atomic E-state index is 11.4. The molecular weight excluding hydrogens is 340 g/mol. The normalized spacial score (nSPS) is 11.6. The van der Waals surface area contributed by atoms with E-state index in [1.54, 1.807) is 6.92 Å². The quantitative estimate of drug-likeness (QED) is 0.735. The second-order valence-corrected chi connectivity index (χ2v) is 7.59. The number of rotatable bonds is 6. The zero-order chi connectivity index (χ0) is 13.8. The third-order valence-corrected chi connectivity index (χ3v) is 4.95. The maximum atomic E-state index is 11.4. The van der Waals surface area contributed by atoms with Crippen LogP contribution in [0.1, 0.15) is 18.1 Å². The van der Waals surface area contributed by atoms with Crippen LogP contribution < -0.4 is 4.74 Å². The van der Waals surface area contributed by atoms with Gasteiger partial charge in [-0.1, -0.05) is 22.9 Å². The van der Waals surface area contributed by atoms with E-state index >= 15 is 0 Å². The summed E-state index contributed by atoms with van der Waals surface area (Å²) in [6.07, 6.45) is 0. The predicted molar refractivity (Wildman–Crippen MR) is 78.3 cm³/mol. The van der Waals surface area contributed by atoms with Crippen molar-refractivity contribution in [2.75, 3.05) is 18.1 Å². The van der Waals surface area contributed by atoms with Crippen LogP contribution >= 0.6 is 27.5 Å². The van der Waals surface area contributed by atoms with E-state index in [1.165, 1.54) is 0 Å². The lowest BCUT2D eigenvalue weighted by atomic mass is 10.1. The largest absolute Gasteiger partial charge is 0.492 e. The van der Waals surface area contributed by atoms with Crippen LogP contribution in [0.25, 0.3) is 0 Å². The van der Waals surface area contributed by atoms with E-state index in [-0.39, 0.29) is 18.1 Å². The highest BCUT2D eigenvalue weighted by atomic mass is 79.9. The van der Waals surface area contributed by atoms with Gasteiger partial charge in [-0.2, -0.15) is 0 Å². The molecule has 0 saturated carbocycles. The first kappa shape index (κ1) is 15.8. The molecule has 0 spiro atoms. The van der Waals surface area contributed by atoms with Crippen molar-refractivity contribution in [2.24, 2.45) is 0 Å². The van der Waals surface area contributed by atoms with E-state index in [9.17, 15) is 8.42 Å². The molecule has 0 aliphatic carbocycles. The van der Waals surface area contributed by atoms with Crippen molar-refractivity contribution in [3.8, 4) is 5.75 Å². The van der Waals surface area contributed by atoms with Crippen LogP contribution in [0.5, 0.6) is 5.75 Å². The topological polar surface area (TPSA) is 43.4 Å². The van der Waals surface area contributed by atoms with Crippen LogP contribution in [0, 0.1) is 6.92 Å². The molecule has 1 aromatic rings. The second-order valence-electron chi connectivity index (χ2n) is 3.93. The minimum absolute atomic E-state index is 0.0285. The standard InChI is InChI=1S/C12H16BrClO3S/c1-3-18(15,16)5-4-17-12-9(2)6-11(13)7-10(12)8-14/h6-7H,3-5,8H2,1-2H3. The third kappa shape index (κ3) is 4.44. The van der Waals surface area contributed by atoms with E-state index in [4.69, 9.17) is 16.3 Å². The predicted octanol–water partition coefficient (Wildman–Crippen LogP) is 3.31. The molecule has 0 aliphatic heterocycles. The Balaban J connectivity index is 2.79. The molecule has 0 bridgehead atoms. The van der Waals surface area contributed by atoms with Crippen LogP contribution in [-0.4, -0.2) is 26.5 Å². The number of halogens is 2. The summed E-state index contributed by atoms with van der Waals surface area (Å²) in [5.41, 5.74) is 1.80. The van der Waals surface area contributed by atoms with Crippen molar-refractivity contribution < 1.29 is 13.2 Å². The van der Waals surface area contributed by atoms with E-state index in [2.05, 4.69) is 15.9 Å². The van der Waals surface area contributed by atoms with Crippen LogP contribution in [0.3, 0.4) is 0 Å². The Hall–Kier alpha value is -0.260. The number of hydrogen-bond donors (Lipinski definition) is 0. The highest BCUT2D eigenvalue weighted by Gasteiger charge is 2.11. The molecule has 3 nitrogen and oxygen atoms in total. The number of aryl methyl sites for hydroxylation is 1. The molecular formula is C12H16BrClO3S. The van der Waals surface area contributed by atoms with Gasteiger partial charge < -0.3 is 4.74 Å². The lowest BCUT2D eigenvalue weighted by Gasteiger charge is -2.13. The van der Waals surface area contributed by atoms with Crippen molar-refractivity contribution in [1.29, 1.82) is 0 Å².